The minimum absolute atomic E-state index is 0.218. The van der Waals surface area contributed by atoms with Gasteiger partial charge in [-0.3, -0.25) is 14.7 Å². The first kappa shape index (κ1) is 24.2. The molecule has 1 N–H and O–H groups in total. The van der Waals surface area contributed by atoms with Crippen molar-refractivity contribution in [2.45, 2.75) is 32.4 Å². The number of nitrogens with one attached hydrogen (secondary N) is 1. The van der Waals surface area contributed by atoms with Crippen LogP contribution in [-0.4, -0.2) is 73.7 Å². The summed E-state index contributed by atoms with van der Waals surface area (Å²) in [6, 6.07) is 8.25. The van der Waals surface area contributed by atoms with Gasteiger partial charge >= 0.3 is 0 Å². The maximum Gasteiger partial charge on any atom is 0.257 e. The van der Waals surface area contributed by atoms with Gasteiger partial charge in [-0.1, -0.05) is 12.0 Å². The molecule has 0 radical (unpaired) electrons. The van der Waals surface area contributed by atoms with E-state index >= 15 is 0 Å². The molecule has 1 saturated carbocycles. The first-order valence-electron chi connectivity index (χ1n) is 13.0. The molecule has 192 valence electrons. The number of benzene rings is 1. The lowest BCUT2D eigenvalue weighted by molar-refractivity contribution is 0.102. The zero-order valence-corrected chi connectivity index (χ0v) is 21.7. The van der Waals surface area contributed by atoms with Crippen molar-refractivity contribution < 1.29 is 4.79 Å². The number of hydrogen-bond acceptors (Lipinski definition) is 7. The number of aryl methyl sites for hydroxylation is 1. The zero-order chi connectivity index (χ0) is 26.1. The van der Waals surface area contributed by atoms with Gasteiger partial charge in [0.2, 0.25) is 0 Å². The van der Waals surface area contributed by atoms with Crippen LogP contribution in [0.1, 0.15) is 51.6 Å². The number of carbonyl (C=O) groups is 1. The summed E-state index contributed by atoms with van der Waals surface area (Å²) in [5.74, 6) is 6.03. The molecule has 2 aliphatic rings. The van der Waals surface area contributed by atoms with Crippen molar-refractivity contribution in [2.24, 2.45) is 0 Å². The van der Waals surface area contributed by atoms with E-state index in [1.807, 2.05) is 16.8 Å². The summed E-state index contributed by atoms with van der Waals surface area (Å²) in [5, 5.41) is 8.51. The van der Waals surface area contributed by atoms with E-state index in [-0.39, 0.29) is 5.91 Å². The highest BCUT2D eigenvalue weighted by molar-refractivity contribution is 6.04. The van der Waals surface area contributed by atoms with Gasteiger partial charge in [0.05, 0.1) is 17.0 Å². The highest BCUT2D eigenvalue weighted by atomic mass is 16.1. The van der Waals surface area contributed by atoms with Gasteiger partial charge in [-0.15, -0.1) is 0 Å². The fraction of sp³-hybridized carbons (Fsp3) is 0.345. The second-order valence-corrected chi connectivity index (χ2v) is 10.2. The van der Waals surface area contributed by atoms with Crippen LogP contribution in [0.4, 0.5) is 5.69 Å². The monoisotopic (exact) mass is 506 g/mol. The molecule has 0 bridgehead atoms. The molecule has 3 aromatic heterocycles. The number of fused-ring (bicyclic) bond motifs is 1. The molecule has 1 aliphatic carbocycles. The van der Waals surface area contributed by atoms with E-state index in [9.17, 15) is 4.79 Å². The Morgan fingerprint density at radius 1 is 1.05 bits per heavy atom. The Hall–Kier alpha value is -4.13. The van der Waals surface area contributed by atoms with Crippen molar-refractivity contribution >= 4 is 22.6 Å². The van der Waals surface area contributed by atoms with Crippen LogP contribution < -0.4 is 5.32 Å². The molecular weight excluding hydrogens is 476 g/mol. The Labute approximate surface area is 221 Å². The molecule has 2 fully saturated rings. The number of carbonyl (C=O) groups excluding carboxylic acids is 1. The quantitative estimate of drug-likeness (QED) is 0.416. The predicted molar refractivity (Wildman–Crippen MR) is 146 cm³/mol. The van der Waals surface area contributed by atoms with E-state index in [1.54, 1.807) is 24.7 Å². The summed E-state index contributed by atoms with van der Waals surface area (Å²) >= 11 is 0. The van der Waals surface area contributed by atoms with Crippen LogP contribution in [-0.2, 0) is 6.54 Å². The number of amides is 1. The molecule has 9 nitrogen and oxygen atoms in total. The van der Waals surface area contributed by atoms with Gasteiger partial charge in [-0.25, -0.2) is 14.6 Å². The van der Waals surface area contributed by atoms with Crippen molar-refractivity contribution in [3.63, 3.8) is 0 Å². The third-order valence-electron chi connectivity index (χ3n) is 7.18. The minimum Gasteiger partial charge on any atom is -0.322 e. The molecule has 6 rings (SSSR count). The summed E-state index contributed by atoms with van der Waals surface area (Å²) in [6.07, 6.45) is 8.70. The molecule has 0 unspecified atom stereocenters. The molecular formula is C29H30N8O. The van der Waals surface area contributed by atoms with Gasteiger partial charge in [0, 0.05) is 62.6 Å². The van der Waals surface area contributed by atoms with Crippen molar-refractivity contribution in [1.82, 2.24) is 34.5 Å². The molecule has 4 aromatic rings. The second-order valence-electron chi connectivity index (χ2n) is 10.2. The van der Waals surface area contributed by atoms with Gasteiger partial charge in [0.15, 0.2) is 5.65 Å². The van der Waals surface area contributed by atoms with E-state index in [0.717, 1.165) is 62.3 Å². The molecule has 1 amide bonds. The van der Waals surface area contributed by atoms with Gasteiger partial charge in [0.25, 0.3) is 5.91 Å². The fourth-order valence-corrected chi connectivity index (χ4v) is 4.71. The molecule has 1 aliphatic heterocycles. The van der Waals surface area contributed by atoms with Crippen LogP contribution in [0, 0.1) is 18.8 Å². The molecule has 4 heterocycles. The minimum atomic E-state index is -0.218. The van der Waals surface area contributed by atoms with Crippen LogP contribution in [0.3, 0.4) is 0 Å². The summed E-state index contributed by atoms with van der Waals surface area (Å²) in [5.41, 5.74) is 5.76. The lowest BCUT2D eigenvalue weighted by atomic mass is 10.1. The molecule has 1 saturated heterocycles. The number of piperazine rings is 1. The SMILES string of the molecule is Cc1cc(NC(=O)c2cncc(C#Cc3nn(C4CC4)c4ncncc34)c2)ccc1CN1CCN(C)CC1. The van der Waals surface area contributed by atoms with E-state index < -0.39 is 0 Å². The Bertz CT molecular complexity index is 1550. The summed E-state index contributed by atoms with van der Waals surface area (Å²) < 4.78 is 1.95. The van der Waals surface area contributed by atoms with Crippen LogP contribution in [0.5, 0.6) is 0 Å². The van der Waals surface area contributed by atoms with Crippen molar-refractivity contribution in [3.05, 3.63) is 77.1 Å². The number of anilines is 1. The summed E-state index contributed by atoms with van der Waals surface area (Å²) in [4.78, 5) is 30.6. The number of likely N-dealkylation sites (N-methyl/N-ethyl adjacent to an activating group) is 1. The van der Waals surface area contributed by atoms with Crippen molar-refractivity contribution in [1.29, 1.82) is 0 Å². The maximum atomic E-state index is 13.0. The average Bonchev–Trinajstić information content (AvgIpc) is 3.71. The largest absolute Gasteiger partial charge is 0.322 e. The third kappa shape index (κ3) is 5.28. The number of hydrogen-bond donors (Lipinski definition) is 1. The van der Waals surface area contributed by atoms with Crippen molar-refractivity contribution in [3.8, 4) is 11.8 Å². The Morgan fingerprint density at radius 3 is 2.68 bits per heavy atom. The lowest BCUT2D eigenvalue weighted by Gasteiger charge is -2.32. The van der Waals surface area contributed by atoms with Gasteiger partial charge < -0.3 is 10.2 Å². The number of pyridine rings is 1. The zero-order valence-electron chi connectivity index (χ0n) is 21.7. The highest BCUT2D eigenvalue weighted by Crippen LogP contribution is 2.36. The van der Waals surface area contributed by atoms with Crippen LogP contribution >= 0.6 is 0 Å². The average molecular weight is 507 g/mol. The topological polar surface area (TPSA) is 92.1 Å². The normalized spacial score (nSPS) is 16.3. The Morgan fingerprint density at radius 2 is 1.89 bits per heavy atom. The number of rotatable bonds is 5. The second kappa shape index (κ2) is 10.3. The lowest BCUT2D eigenvalue weighted by Crippen LogP contribution is -2.43. The molecule has 9 heteroatoms. The van der Waals surface area contributed by atoms with Crippen molar-refractivity contribution in [2.75, 3.05) is 38.5 Å². The first-order valence-corrected chi connectivity index (χ1v) is 13.0. The van der Waals surface area contributed by atoms with Gasteiger partial charge in [0.1, 0.15) is 12.0 Å². The third-order valence-corrected chi connectivity index (χ3v) is 7.18. The summed E-state index contributed by atoms with van der Waals surface area (Å²) in [7, 11) is 2.17. The first-order chi connectivity index (χ1) is 18.5. The molecule has 0 spiro atoms. The summed E-state index contributed by atoms with van der Waals surface area (Å²) in [6.45, 7) is 7.37. The maximum absolute atomic E-state index is 13.0. The van der Waals surface area contributed by atoms with E-state index in [2.05, 4.69) is 67.0 Å². The van der Waals surface area contributed by atoms with E-state index in [1.165, 1.54) is 17.5 Å². The number of nitrogens with zero attached hydrogens (tertiary/aromatic N) is 7. The Balaban J connectivity index is 1.15. The predicted octanol–water partition coefficient (Wildman–Crippen LogP) is 3.26. The van der Waals surface area contributed by atoms with Gasteiger partial charge in [-0.2, -0.15) is 5.10 Å². The molecule has 0 atom stereocenters. The molecule has 1 aromatic carbocycles. The highest BCUT2D eigenvalue weighted by Gasteiger charge is 2.27. The van der Waals surface area contributed by atoms with Crippen LogP contribution in [0.25, 0.3) is 11.0 Å². The number of aromatic nitrogens is 5. The fourth-order valence-electron chi connectivity index (χ4n) is 4.71. The molecule has 38 heavy (non-hydrogen) atoms. The van der Waals surface area contributed by atoms with Gasteiger partial charge in [-0.05, 0) is 62.1 Å². The van der Waals surface area contributed by atoms with Crippen LogP contribution in [0.15, 0.2) is 49.2 Å². The standard InChI is InChI=1S/C29H30N8O/c1-20-13-24(5-4-22(20)18-36-11-9-35(2)10-12-36)33-29(38)23-14-21(15-30-16-23)3-8-27-26-17-31-19-32-28(26)37(34-27)25-6-7-25/h4-5,13-17,19,25H,6-7,9-12,18H2,1-2H3,(H,33,38). The smallest absolute Gasteiger partial charge is 0.257 e. The van der Waals surface area contributed by atoms with Crippen LogP contribution in [0.2, 0.25) is 0 Å². The van der Waals surface area contributed by atoms with E-state index in [0.29, 0.717) is 22.9 Å². The van der Waals surface area contributed by atoms with E-state index in [4.69, 9.17) is 0 Å². The Kier molecular flexibility index (Phi) is 6.58.